The monoisotopic (exact) mass is 338 g/mol. The Balaban J connectivity index is 1.58. The van der Waals surface area contributed by atoms with Crippen molar-refractivity contribution >= 4 is 17.3 Å². The summed E-state index contributed by atoms with van der Waals surface area (Å²) in [4.78, 5) is 17.2. The van der Waals surface area contributed by atoms with E-state index in [0.29, 0.717) is 12.1 Å². The molecule has 130 valence electrons. The average Bonchev–Trinajstić information content (AvgIpc) is 3.21. The van der Waals surface area contributed by atoms with E-state index in [1.165, 1.54) is 0 Å². The lowest BCUT2D eigenvalue weighted by Gasteiger charge is -2.37. The van der Waals surface area contributed by atoms with Gasteiger partial charge in [-0.15, -0.1) is 0 Å². The molecule has 1 amide bonds. The van der Waals surface area contributed by atoms with Gasteiger partial charge >= 0.3 is 0 Å². The average molecular weight is 338 g/mol. The molecule has 4 N–H and O–H groups in total. The summed E-state index contributed by atoms with van der Waals surface area (Å²) in [6.07, 6.45) is -0.0297. The summed E-state index contributed by atoms with van der Waals surface area (Å²) in [5, 5.41) is 0. The van der Waals surface area contributed by atoms with Gasteiger partial charge in [0.2, 0.25) is 0 Å². The van der Waals surface area contributed by atoms with Gasteiger partial charge < -0.3 is 9.80 Å². The number of nitrogens with one attached hydrogen (secondary N) is 4. The number of hydrogen-bond donors (Lipinski definition) is 4. The van der Waals surface area contributed by atoms with Crippen molar-refractivity contribution in [3.05, 3.63) is 59.7 Å². The topological polar surface area (TPSA) is 71.7 Å². The third kappa shape index (κ3) is 2.98. The standard InChI is InChI=1S/C18H22N6O/c1-2-23-11-12-24(16-6-4-3-5-15(16)23)18(25)14-9-7-13(8-10-14)17-19-21-22-20-17/h3-10,17,19-22H,2,11-12H2,1H3. The van der Waals surface area contributed by atoms with Crippen molar-refractivity contribution in [2.45, 2.75) is 13.1 Å². The van der Waals surface area contributed by atoms with Crippen molar-refractivity contribution in [2.75, 3.05) is 29.4 Å². The molecule has 0 aromatic heterocycles. The minimum absolute atomic E-state index is 0.0297. The van der Waals surface area contributed by atoms with Gasteiger partial charge in [0.25, 0.3) is 5.91 Å². The molecule has 2 aromatic carbocycles. The molecule has 7 heteroatoms. The van der Waals surface area contributed by atoms with E-state index in [9.17, 15) is 4.79 Å². The molecule has 0 spiro atoms. The molecule has 0 bridgehead atoms. The highest BCUT2D eigenvalue weighted by Crippen LogP contribution is 2.33. The second-order valence-electron chi connectivity index (χ2n) is 6.12. The zero-order valence-electron chi connectivity index (χ0n) is 14.1. The highest BCUT2D eigenvalue weighted by molar-refractivity contribution is 6.08. The molecule has 7 nitrogen and oxygen atoms in total. The Bertz CT molecular complexity index is 756. The maximum atomic E-state index is 13.0. The van der Waals surface area contributed by atoms with Gasteiger partial charge in [0.05, 0.1) is 11.4 Å². The quantitative estimate of drug-likeness (QED) is 0.676. The predicted octanol–water partition coefficient (Wildman–Crippen LogP) is 1.29. The molecule has 2 aliphatic heterocycles. The zero-order chi connectivity index (χ0) is 17.2. The number of likely N-dealkylation sites (N-methyl/N-ethyl adjacent to an activating group) is 1. The minimum atomic E-state index is -0.0297. The number of benzene rings is 2. The van der Waals surface area contributed by atoms with Crippen LogP contribution in [0.5, 0.6) is 0 Å². The summed E-state index contributed by atoms with van der Waals surface area (Å²) < 4.78 is 0. The number of para-hydroxylation sites is 2. The van der Waals surface area contributed by atoms with Crippen molar-refractivity contribution in [3.8, 4) is 0 Å². The molecule has 0 saturated carbocycles. The van der Waals surface area contributed by atoms with Crippen LogP contribution in [0.25, 0.3) is 0 Å². The number of anilines is 2. The Morgan fingerprint density at radius 3 is 2.36 bits per heavy atom. The van der Waals surface area contributed by atoms with Crippen molar-refractivity contribution in [3.63, 3.8) is 0 Å². The fourth-order valence-electron chi connectivity index (χ4n) is 3.35. The SMILES string of the molecule is CCN1CCN(C(=O)c2ccc(C3NNNN3)cc2)c2ccccc21. The Labute approximate surface area is 146 Å². The first-order chi connectivity index (χ1) is 12.3. The number of hydrazine groups is 3. The van der Waals surface area contributed by atoms with E-state index < -0.39 is 0 Å². The van der Waals surface area contributed by atoms with Crippen LogP contribution in [0.3, 0.4) is 0 Å². The molecule has 2 heterocycles. The van der Waals surface area contributed by atoms with Crippen LogP contribution >= 0.6 is 0 Å². The molecule has 0 radical (unpaired) electrons. The van der Waals surface area contributed by atoms with Gasteiger partial charge in [-0.3, -0.25) is 4.79 Å². The van der Waals surface area contributed by atoms with E-state index in [1.807, 2.05) is 47.4 Å². The molecule has 1 saturated heterocycles. The summed E-state index contributed by atoms with van der Waals surface area (Å²) in [6, 6.07) is 15.8. The molecule has 2 aliphatic rings. The highest BCUT2D eigenvalue weighted by Gasteiger charge is 2.26. The fourth-order valence-corrected chi connectivity index (χ4v) is 3.35. The minimum Gasteiger partial charge on any atom is -0.368 e. The van der Waals surface area contributed by atoms with Gasteiger partial charge in [0, 0.05) is 25.2 Å². The van der Waals surface area contributed by atoms with E-state index in [0.717, 1.165) is 30.0 Å². The predicted molar refractivity (Wildman–Crippen MR) is 97.7 cm³/mol. The first-order valence-corrected chi connectivity index (χ1v) is 8.55. The van der Waals surface area contributed by atoms with Crippen molar-refractivity contribution < 1.29 is 4.79 Å². The van der Waals surface area contributed by atoms with Crippen LogP contribution < -0.4 is 31.7 Å². The third-order valence-corrected chi connectivity index (χ3v) is 4.72. The van der Waals surface area contributed by atoms with Crippen LogP contribution in [-0.2, 0) is 0 Å². The number of fused-ring (bicyclic) bond motifs is 1. The number of carbonyl (C=O) groups excluding carboxylic acids is 1. The van der Waals surface area contributed by atoms with Crippen LogP contribution in [0.2, 0.25) is 0 Å². The second-order valence-corrected chi connectivity index (χ2v) is 6.12. The van der Waals surface area contributed by atoms with Crippen LogP contribution in [0, 0.1) is 0 Å². The number of amides is 1. The molecular weight excluding hydrogens is 316 g/mol. The Kier molecular flexibility index (Phi) is 4.37. The van der Waals surface area contributed by atoms with E-state index in [-0.39, 0.29) is 12.1 Å². The fraction of sp³-hybridized carbons (Fsp3) is 0.278. The maximum Gasteiger partial charge on any atom is 0.258 e. The van der Waals surface area contributed by atoms with Gasteiger partial charge in [-0.2, -0.15) is 11.1 Å². The first kappa shape index (κ1) is 16.0. The van der Waals surface area contributed by atoms with Gasteiger partial charge in [-0.05, 0) is 36.8 Å². The zero-order valence-corrected chi connectivity index (χ0v) is 14.1. The van der Waals surface area contributed by atoms with Crippen molar-refractivity contribution in [1.29, 1.82) is 0 Å². The second kappa shape index (κ2) is 6.81. The third-order valence-electron chi connectivity index (χ3n) is 4.72. The lowest BCUT2D eigenvalue weighted by atomic mass is 10.1. The molecule has 4 rings (SSSR count). The Morgan fingerprint density at radius 2 is 1.68 bits per heavy atom. The molecule has 0 aliphatic carbocycles. The van der Waals surface area contributed by atoms with Crippen LogP contribution in [0.15, 0.2) is 48.5 Å². The molecule has 2 aromatic rings. The van der Waals surface area contributed by atoms with Crippen molar-refractivity contribution in [2.24, 2.45) is 0 Å². The molecule has 25 heavy (non-hydrogen) atoms. The normalized spacial score (nSPS) is 17.6. The largest absolute Gasteiger partial charge is 0.368 e. The maximum absolute atomic E-state index is 13.0. The van der Waals surface area contributed by atoms with E-state index in [4.69, 9.17) is 0 Å². The van der Waals surface area contributed by atoms with Gasteiger partial charge in [-0.25, -0.2) is 10.9 Å². The van der Waals surface area contributed by atoms with Crippen molar-refractivity contribution in [1.82, 2.24) is 21.9 Å². The number of nitrogens with zero attached hydrogens (tertiary/aromatic N) is 2. The van der Waals surface area contributed by atoms with E-state index in [2.05, 4.69) is 39.8 Å². The number of rotatable bonds is 3. The number of hydrogen-bond acceptors (Lipinski definition) is 6. The summed E-state index contributed by atoms with van der Waals surface area (Å²) in [7, 11) is 0. The lowest BCUT2D eigenvalue weighted by molar-refractivity contribution is 0.0986. The molecular formula is C18H22N6O. The summed E-state index contributed by atoms with van der Waals surface area (Å²) in [6.45, 7) is 4.63. The Hall–Kier alpha value is -2.45. The number of carbonyl (C=O) groups is 1. The molecule has 0 unspecified atom stereocenters. The molecule has 0 atom stereocenters. The van der Waals surface area contributed by atoms with Crippen LogP contribution in [0.1, 0.15) is 29.0 Å². The molecule has 1 fully saturated rings. The summed E-state index contributed by atoms with van der Waals surface area (Å²) in [5.74, 6) is 0.0401. The smallest absolute Gasteiger partial charge is 0.258 e. The first-order valence-electron chi connectivity index (χ1n) is 8.55. The van der Waals surface area contributed by atoms with Gasteiger partial charge in [0.15, 0.2) is 0 Å². The summed E-state index contributed by atoms with van der Waals surface area (Å²) >= 11 is 0. The Morgan fingerprint density at radius 1 is 1.00 bits per heavy atom. The van der Waals surface area contributed by atoms with Gasteiger partial charge in [0.1, 0.15) is 6.17 Å². The lowest BCUT2D eigenvalue weighted by Crippen LogP contribution is -2.44. The van der Waals surface area contributed by atoms with Crippen LogP contribution in [0.4, 0.5) is 11.4 Å². The van der Waals surface area contributed by atoms with Gasteiger partial charge in [-0.1, -0.05) is 24.3 Å². The highest BCUT2D eigenvalue weighted by atomic mass is 16.2. The van der Waals surface area contributed by atoms with Crippen LogP contribution in [-0.4, -0.2) is 25.5 Å². The summed E-state index contributed by atoms with van der Waals surface area (Å²) in [5.41, 5.74) is 15.5. The van der Waals surface area contributed by atoms with E-state index in [1.54, 1.807) is 0 Å². The van der Waals surface area contributed by atoms with E-state index >= 15 is 0 Å².